The Hall–Kier alpha value is -2.14. The quantitative estimate of drug-likeness (QED) is 0.539. The van der Waals surface area contributed by atoms with Crippen LogP contribution in [0.2, 0.25) is 0 Å². The van der Waals surface area contributed by atoms with Crippen molar-refractivity contribution in [2.24, 2.45) is 0 Å². The Morgan fingerprint density at radius 1 is 1.14 bits per heavy atom. The first kappa shape index (κ1) is 14.8. The minimum Gasteiger partial charge on any atom is -0.268 e. The Balaban J connectivity index is 2.27. The summed E-state index contributed by atoms with van der Waals surface area (Å²) in [5.41, 5.74) is 1.18. The van der Waals surface area contributed by atoms with Gasteiger partial charge in [0.15, 0.2) is 5.16 Å². The first-order chi connectivity index (χ1) is 10.7. The highest BCUT2D eigenvalue weighted by Gasteiger charge is 2.12. The third-order valence-electron chi connectivity index (χ3n) is 3.27. The van der Waals surface area contributed by atoms with E-state index in [2.05, 4.69) is 11.9 Å². The molecule has 0 saturated heterocycles. The highest BCUT2D eigenvalue weighted by atomic mass is 32.2. The number of nitrogens with zero attached hydrogens (tertiary/aromatic N) is 2. The van der Waals surface area contributed by atoms with E-state index in [4.69, 9.17) is 0 Å². The van der Waals surface area contributed by atoms with Gasteiger partial charge in [-0.15, -0.1) is 0 Å². The molecule has 2 aromatic carbocycles. The minimum absolute atomic E-state index is 0.129. The molecular formula is C17H15FN2OS. The molecule has 3 nitrogen and oxygen atoms in total. The average molecular weight is 314 g/mol. The predicted octanol–water partition coefficient (Wildman–Crippen LogP) is 4.03. The molecule has 1 heterocycles. The summed E-state index contributed by atoms with van der Waals surface area (Å²) < 4.78 is 14.7. The van der Waals surface area contributed by atoms with Gasteiger partial charge in [0.25, 0.3) is 5.56 Å². The van der Waals surface area contributed by atoms with Gasteiger partial charge in [-0.2, -0.15) is 0 Å². The van der Waals surface area contributed by atoms with Crippen LogP contribution in [-0.2, 0) is 0 Å². The van der Waals surface area contributed by atoms with Crippen molar-refractivity contribution in [1.82, 2.24) is 9.55 Å². The Morgan fingerprint density at radius 2 is 1.86 bits per heavy atom. The topological polar surface area (TPSA) is 34.9 Å². The molecule has 3 rings (SSSR count). The van der Waals surface area contributed by atoms with E-state index in [1.165, 1.54) is 23.9 Å². The molecule has 0 bridgehead atoms. The molecule has 0 radical (unpaired) electrons. The smallest absolute Gasteiger partial charge is 0.266 e. The maximum atomic E-state index is 13.2. The maximum Gasteiger partial charge on any atom is 0.266 e. The lowest BCUT2D eigenvalue weighted by Gasteiger charge is -2.12. The molecule has 0 spiro atoms. The standard InChI is InChI=1S/C17H15FN2OS/c1-2-11-22-17-19-15-6-4-3-5-14(15)16(21)20(17)13-9-7-12(18)8-10-13/h3-10H,2,11H2,1H3. The second kappa shape index (κ2) is 6.32. The van der Waals surface area contributed by atoms with Gasteiger partial charge < -0.3 is 0 Å². The largest absolute Gasteiger partial charge is 0.268 e. The van der Waals surface area contributed by atoms with Gasteiger partial charge in [-0.25, -0.2) is 9.37 Å². The fourth-order valence-electron chi connectivity index (χ4n) is 2.22. The molecule has 22 heavy (non-hydrogen) atoms. The van der Waals surface area contributed by atoms with Gasteiger partial charge in [-0.05, 0) is 42.8 Å². The lowest BCUT2D eigenvalue weighted by atomic mass is 10.2. The molecule has 0 N–H and O–H groups in total. The number of rotatable bonds is 4. The summed E-state index contributed by atoms with van der Waals surface area (Å²) in [6.07, 6.45) is 0.983. The molecule has 0 aliphatic rings. The van der Waals surface area contributed by atoms with E-state index in [9.17, 15) is 9.18 Å². The molecule has 0 unspecified atom stereocenters. The summed E-state index contributed by atoms with van der Waals surface area (Å²) in [7, 11) is 0. The van der Waals surface area contributed by atoms with Crippen molar-refractivity contribution in [2.75, 3.05) is 5.75 Å². The van der Waals surface area contributed by atoms with E-state index in [0.717, 1.165) is 12.2 Å². The average Bonchev–Trinajstić information content (AvgIpc) is 2.54. The summed E-state index contributed by atoms with van der Waals surface area (Å²) >= 11 is 1.53. The number of benzene rings is 2. The van der Waals surface area contributed by atoms with Crippen LogP contribution in [0.3, 0.4) is 0 Å². The Morgan fingerprint density at radius 3 is 2.59 bits per heavy atom. The van der Waals surface area contributed by atoms with Crippen molar-refractivity contribution < 1.29 is 4.39 Å². The molecule has 1 aromatic heterocycles. The van der Waals surface area contributed by atoms with Crippen LogP contribution >= 0.6 is 11.8 Å². The lowest BCUT2D eigenvalue weighted by Crippen LogP contribution is -2.21. The van der Waals surface area contributed by atoms with Crippen molar-refractivity contribution in [1.29, 1.82) is 0 Å². The Labute approximate surface area is 131 Å². The molecule has 0 aliphatic carbocycles. The maximum absolute atomic E-state index is 13.2. The number of hydrogen-bond acceptors (Lipinski definition) is 3. The number of aromatic nitrogens is 2. The van der Waals surface area contributed by atoms with Crippen LogP contribution in [0.25, 0.3) is 16.6 Å². The first-order valence-corrected chi connectivity index (χ1v) is 8.10. The van der Waals surface area contributed by atoms with Crippen LogP contribution in [0.15, 0.2) is 58.5 Å². The van der Waals surface area contributed by atoms with Crippen LogP contribution in [0, 0.1) is 5.82 Å². The SMILES string of the molecule is CCCSc1nc2ccccc2c(=O)n1-c1ccc(F)cc1. The van der Waals surface area contributed by atoms with Crippen molar-refractivity contribution in [3.8, 4) is 5.69 Å². The zero-order valence-corrected chi connectivity index (χ0v) is 12.9. The summed E-state index contributed by atoms with van der Waals surface area (Å²) in [4.78, 5) is 17.4. The molecule has 0 aliphatic heterocycles. The third-order valence-corrected chi connectivity index (χ3v) is 4.41. The van der Waals surface area contributed by atoms with Crippen LogP contribution in [0.4, 0.5) is 4.39 Å². The number of halogens is 1. The van der Waals surface area contributed by atoms with Crippen molar-refractivity contribution >= 4 is 22.7 Å². The fraction of sp³-hybridized carbons (Fsp3) is 0.176. The first-order valence-electron chi connectivity index (χ1n) is 7.11. The normalized spacial score (nSPS) is 11.0. The summed E-state index contributed by atoms with van der Waals surface area (Å²) in [5, 5.41) is 1.20. The Bertz CT molecular complexity index is 859. The minimum atomic E-state index is -0.326. The number of para-hydroxylation sites is 1. The van der Waals surface area contributed by atoms with E-state index in [0.29, 0.717) is 21.7 Å². The van der Waals surface area contributed by atoms with Gasteiger partial charge in [0, 0.05) is 5.75 Å². The van der Waals surface area contributed by atoms with Gasteiger partial charge in [0.2, 0.25) is 0 Å². The van der Waals surface area contributed by atoms with Gasteiger partial charge >= 0.3 is 0 Å². The monoisotopic (exact) mass is 314 g/mol. The number of thioether (sulfide) groups is 1. The molecule has 112 valence electrons. The fourth-order valence-corrected chi connectivity index (χ4v) is 3.09. The van der Waals surface area contributed by atoms with Crippen LogP contribution in [0.1, 0.15) is 13.3 Å². The second-order valence-corrected chi connectivity index (χ2v) is 5.94. The van der Waals surface area contributed by atoms with E-state index in [1.807, 2.05) is 18.2 Å². The summed E-state index contributed by atoms with van der Waals surface area (Å²) in [5.74, 6) is 0.541. The van der Waals surface area contributed by atoms with Crippen molar-refractivity contribution in [3.63, 3.8) is 0 Å². The van der Waals surface area contributed by atoms with Gasteiger partial charge in [-0.3, -0.25) is 9.36 Å². The predicted molar refractivity (Wildman–Crippen MR) is 88.3 cm³/mol. The van der Waals surface area contributed by atoms with Crippen LogP contribution in [-0.4, -0.2) is 15.3 Å². The highest BCUT2D eigenvalue weighted by molar-refractivity contribution is 7.99. The molecular weight excluding hydrogens is 299 g/mol. The zero-order valence-electron chi connectivity index (χ0n) is 12.1. The van der Waals surface area contributed by atoms with E-state index < -0.39 is 0 Å². The summed E-state index contributed by atoms with van der Waals surface area (Å²) in [6, 6.07) is 13.2. The van der Waals surface area contributed by atoms with Crippen molar-refractivity contribution in [2.45, 2.75) is 18.5 Å². The molecule has 0 fully saturated rings. The Kier molecular flexibility index (Phi) is 4.24. The van der Waals surface area contributed by atoms with Crippen molar-refractivity contribution in [3.05, 3.63) is 64.7 Å². The van der Waals surface area contributed by atoms with E-state index >= 15 is 0 Å². The molecule has 3 aromatic rings. The lowest BCUT2D eigenvalue weighted by molar-refractivity contribution is 0.627. The molecule has 0 atom stereocenters. The zero-order chi connectivity index (χ0) is 15.5. The van der Waals surface area contributed by atoms with Gasteiger partial charge in [0.1, 0.15) is 5.82 Å². The highest BCUT2D eigenvalue weighted by Crippen LogP contribution is 2.21. The van der Waals surface area contributed by atoms with Crippen LogP contribution in [0.5, 0.6) is 0 Å². The van der Waals surface area contributed by atoms with Gasteiger partial charge in [-0.1, -0.05) is 30.8 Å². The van der Waals surface area contributed by atoms with Gasteiger partial charge in [0.05, 0.1) is 16.6 Å². The number of fused-ring (bicyclic) bond motifs is 1. The van der Waals surface area contributed by atoms with E-state index in [1.54, 1.807) is 22.8 Å². The van der Waals surface area contributed by atoms with E-state index in [-0.39, 0.29) is 11.4 Å². The number of hydrogen-bond donors (Lipinski definition) is 0. The summed E-state index contributed by atoms with van der Waals surface area (Å²) in [6.45, 7) is 2.08. The molecule has 0 saturated carbocycles. The molecule has 5 heteroatoms. The third kappa shape index (κ3) is 2.76. The van der Waals surface area contributed by atoms with Crippen LogP contribution < -0.4 is 5.56 Å². The second-order valence-electron chi connectivity index (χ2n) is 4.88. The molecule has 0 amide bonds.